The average molecular weight is 114 g/mol. The van der Waals surface area contributed by atoms with Crippen LogP contribution in [-0.2, 0) is 4.79 Å². The summed E-state index contributed by atoms with van der Waals surface area (Å²) in [6.45, 7) is 2.81. The molecule has 0 bridgehead atoms. The molecule has 0 aromatic carbocycles. The van der Waals surface area contributed by atoms with Crippen molar-refractivity contribution in [2.75, 3.05) is 13.1 Å². The molecule has 0 aliphatic carbocycles. The minimum absolute atomic E-state index is 0.0799. The Hall–Kier alpha value is -0.410. The topological polar surface area (TPSA) is 55.1 Å². The number of nitrogens with one attached hydrogen (secondary N) is 1. The van der Waals surface area contributed by atoms with Crippen LogP contribution in [0, 0.1) is 0 Å². The third-order valence-electron chi connectivity index (χ3n) is 1.58. The first-order valence-corrected chi connectivity index (χ1v) is 2.66. The summed E-state index contributed by atoms with van der Waals surface area (Å²) >= 11 is 0. The predicted octanol–water partition coefficient (Wildman–Crippen LogP) is -1.12. The van der Waals surface area contributed by atoms with Gasteiger partial charge in [-0.1, -0.05) is 0 Å². The summed E-state index contributed by atoms with van der Waals surface area (Å²) in [5, 5.41) is 2.94. The van der Waals surface area contributed by atoms with Crippen molar-refractivity contribution in [3.8, 4) is 0 Å². The fourth-order valence-corrected chi connectivity index (χ4v) is 0.643. The summed E-state index contributed by atoms with van der Waals surface area (Å²) in [7, 11) is 0. The van der Waals surface area contributed by atoms with Gasteiger partial charge in [-0.15, -0.1) is 0 Å². The van der Waals surface area contributed by atoms with Gasteiger partial charge in [0.2, 0.25) is 0 Å². The van der Waals surface area contributed by atoms with Crippen LogP contribution in [0.4, 0.5) is 0 Å². The Kier molecular flexibility index (Phi) is 1.10. The molecule has 0 saturated carbocycles. The summed E-state index contributed by atoms with van der Waals surface area (Å²) in [5.74, 6) is 0.0799. The molecule has 0 unspecified atom stereocenters. The van der Waals surface area contributed by atoms with E-state index in [2.05, 4.69) is 5.32 Å². The van der Waals surface area contributed by atoms with Crippen molar-refractivity contribution < 1.29 is 4.79 Å². The van der Waals surface area contributed by atoms with Crippen molar-refractivity contribution >= 4 is 5.78 Å². The van der Waals surface area contributed by atoms with Crippen LogP contribution in [0.5, 0.6) is 0 Å². The van der Waals surface area contributed by atoms with E-state index in [1.54, 1.807) is 0 Å². The number of carbonyl (C=O) groups is 1. The Balaban J connectivity index is 2.53. The maximum absolute atomic E-state index is 10.6. The highest BCUT2D eigenvalue weighted by Gasteiger charge is 2.36. The molecular formula is C5H10N2O. The molecule has 8 heavy (non-hydrogen) atoms. The lowest BCUT2D eigenvalue weighted by Gasteiger charge is -2.36. The van der Waals surface area contributed by atoms with Crippen LogP contribution in [-0.4, -0.2) is 24.4 Å². The van der Waals surface area contributed by atoms with E-state index < -0.39 is 5.54 Å². The fraction of sp³-hybridized carbons (Fsp3) is 0.800. The van der Waals surface area contributed by atoms with E-state index in [0.29, 0.717) is 13.1 Å². The van der Waals surface area contributed by atoms with Gasteiger partial charge in [-0.3, -0.25) is 4.79 Å². The smallest absolute Gasteiger partial charge is 0.152 e. The molecule has 1 aliphatic heterocycles. The van der Waals surface area contributed by atoms with E-state index >= 15 is 0 Å². The number of ketones is 1. The summed E-state index contributed by atoms with van der Waals surface area (Å²) in [5.41, 5.74) is 5.01. The Morgan fingerprint density at radius 1 is 1.75 bits per heavy atom. The number of hydrogen-bond acceptors (Lipinski definition) is 3. The molecule has 0 spiro atoms. The first kappa shape index (κ1) is 5.72. The summed E-state index contributed by atoms with van der Waals surface area (Å²) in [6, 6.07) is 0. The summed E-state index contributed by atoms with van der Waals surface area (Å²) in [6.07, 6.45) is 0. The van der Waals surface area contributed by atoms with E-state index in [4.69, 9.17) is 5.73 Å². The van der Waals surface area contributed by atoms with E-state index in [0.717, 1.165) is 0 Å². The highest BCUT2D eigenvalue weighted by molar-refractivity contribution is 5.87. The molecule has 1 aliphatic rings. The van der Waals surface area contributed by atoms with Gasteiger partial charge >= 0.3 is 0 Å². The lowest BCUT2D eigenvalue weighted by Crippen LogP contribution is -2.69. The Bertz CT molecular complexity index is 118. The molecule has 0 radical (unpaired) electrons. The van der Waals surface area contributed by atoms with Crippen molar-refractivity contribution in [1.29, 1.82) is 0 Å². The van der Waals surface area contributed by atoms with E-state index in [1.807, 2.05) is 0 Å². The van der Waals surface area contributed by atoms with Crippen LogP contribution in [0.2, 0.25) is 0 Å². The van der Waals surface area contributed by atoms with Crippen LogP contribution in [0.3, 0.4) is 0 Å². The number of Topliss-reactive ketones (excluding diaryl/α,β-unsaturated/α-hetero) is 1. The Morgan fingerprint density at radius 3 is 2.25 bits per heavy atom. The maximum Gasteiger partial charge on any atom is 0.152 e. The van der Waals surface area contributed by atoms with E-state index in [9.17, 15) is 4.79 Å². The Morgan fingerprint density at radius 2 is 2.25 bits per heavy atom. The molecule has 46 valence electrons. The number of rotatable bonds is 1. The molecule has 1 saturated heterocycles. The minimum Gasteiger partial charge on any atom is -0.317 e. The molecule has 0 aromatic rings. The number of carbonyl (C=O) groups excluding carboxylic acids is 1. The second-order valence-electron chi connectivity index (χ2n) is 2.32. The summed E-state index contributed by atoms with van der Waals surface area (Å²) in [4.78, 5) is 10.6. The van der Waals surface area contributed by atoms with Gasteiger partial charge < -0.3 is 11.1 Å². The average Bonchev–Trinajstić information content (AvgIpc) is 1.60. The van der Waals surface area contributed by atoms with Gasteiger partial charge in [-0.05, 0) is 6.92 Å². The molecular weight excluding hydrogens is 104 g/mol. The summed E-state index contributed by atoms with van der Waals surface area (Å²) < 4.78 is 0. The van der Waals surface area contributed by atoms with Gasteiger partial charge in [0.25, 0.3) is 0 Å². The molecule has 1 fully saturated rings. The third-order valence-corrected chi connectivity index (χ3v) is 1.58. The lowest BCUT2D eigenvalue weighted by molar-refractivity contribution is -0.123. The molecule has 1 heterocycles. The highest BCUT2D eigenvalue weighted by atomic mass is 16.1. The van der Waals surface area contributed by atoms with Crippen LogP contribution in [0.15, 0.2) is 0 Å². The Labute approximate surface area is 48.2 Å². The highest BCUT2D eigenvalue weighted by Crippen LogP contribution is 2.06. The normalized spacial score (nSPS) is 24.2. The van der Waals surface area contributed by atoms with Gasteiger partial charge in [-0.25, -0.2) is 0 Å². The second kappa shape index (κ2) is 1.53. The van der Waals surface area contributed by atoms with Gasteiger partial charge in [0.1, 0.15) is 0 Å². The zero-order valence-corrected chi connectivity index (χ0v) is 4.90. The molecule has 0 atom stereocenters. The van der Waals surface area contributed by atoms with E-state index in [1.165, 1.54) is 6.92 Å². The van der Waals surface area contributed by atoms with Crippen molar-refractivity contribution in [3.05, 3.63) is 0 Å². The maximum atomic E-state index is 10.6. The van der Waals surface area contributed by atoms with Crippen molar-refractivity contribution in [3.63, 3.8) is 0 Å². The zero-order valence-electron chi connectivity index (χ0n) is 4.90. The quantitative estimate of drug-likeness (QED) is 0.454. The molecule has 3 N–H and O–H groups in total. The number of nitrogens with two attached hydrogens (primary N) is 1. The van der Waals surface area contributed by atoms with Gasteiger partial charge in [0, 0.05) is 13.1 Å². The van der Waals surface area contributed by atoms with Crippen LogP contribution in [0.1, 0.15) is 6.92 Å². The largest absolute Gasteiger partial charge is 0.317 e. The SMILES string of the molecule is CC(=O)C1(N)CNC1. The predicted molar refractivity (Wildman–Crippen MR) is 30.5 cm³/mol. The first-order chi connectivity index (χ1) is 3.65. The van der Waals surface area contributed by atoms with Crippen molar-refractivity contribution in [2.45, 2.75) is 12.5 Å². The van der Waals surface area contributed by atoms with Crippen LogP contribution in [0.25, 0.3) is 0 Å². The monoisotopic (exact) mass is 114 g/mol. The van der Waals surface area contributed by atoms with Crippen LogP contribution < -0.4 is 11.1 Å². The van der Waals surface area contributed by atoms with Crippen molar-refractivity contribution in [1.82, 2.24) is 5.32 Å². The first-order valence-electron chi connectivity index (χ1n) is 2.66. The molecule has 0 aromatic heterocycles. The third kappa shape index (κ3) is 0.638. The van der Waals surface area contributed by atoms with Gasteiger partial charge in [-0.2, -0.15) is 0 Å². The van der Waals surface area contributed by atoms with Gasteiger partial charge in [0.15, 0.2) is 5.78 Å². The molecule has 3 nitrogen and oxygen atoms in total. The molecule has 3 heteroatoms. The second-order valence-corrected chi connectivity index (χ2v) is 2.32. The van der Waals surface area contributed by atoms with Gasteiger partial charge in [0.05, 0.1) is 5.54 Å². The molecule has 0 amide bonds. The zero-order chi connectivity index (χ0) is 6.20. The fourth-order valence-electron chi connectivity index (χ4n) is 0.643. The van der Waals surface area contributed by atoms with Crippen molar-refractivity contribution in [2.24, 2.45) is 5.73 Å². The molecule has 1 rings (SSSR count). The lowest BCUT2D eigenvalue weighted by atomic mass is 9.90. The van der Waals surface area contributed by atoms with E-state index in [-0.39, 0.29) is 5.78 Å². The van der Waals surface area contributed by atoms with Crippen LogP contribution >= 0.6 is 0 Å². The number of hydrogen-bond donors (Lipinski definition) is 2. The minimum atomic E-state index is -0.528. The standard InChI is InChI=1S/C5H10N2O/c1-4(8)5(6)2-7-3-5/h7H,2-3,6H2,1H3.